The lowest BCUT2D eigenvalue weighted by Gasteiger charge is -2.11. The highest BCUT2D eigenvalue weighted by atomic mass is 15.2. The van der Waals surface area contributed by atoms with E-state index in [9.17, 15) is 0 Å². The van der Waals surface area contributed by atoms with Gasteiger partial charge in [-0.05, 0) is 59.7 Å². The first-order chi connectivity index (χ1) is 24.8. The minimum absolute atomic E-state index is 0.548. The highest BCUT2D eigenvalue weighted by Crippen LogP contribution is 2.40. The topological polar surface area (TPSA) is 61.4 Å². The molecule has 4 aromatic heterocycles. The second-order valence-corrected chi connectivity index (χ2v) is 12.3. The zero-order chi connectivity index (χ0) is 33.0. The Morgan fingerprint density at radius 1 is 0.400 bits per heavy atom. The first kappa shape index (κ1) is 28.1. The average molecular weight is 641 g/mol. The average Bonchev–Trinajstić information content (AvgIpc) is 3.71. The molecule has 0 aliphatic heterocycles. The molecule has 0 radical (unpaired) electrons. The van der Waals surface area contributed by atoms with Crippen LogP contribution in [-0.4, -0.2) is 29.1 Å². The van der Waals surface area contributed by atoms with Crippen LogP contribution >= 0.6 is 0 Å². The largest absolute Gasteiger partial charge is 0.309 e. The smallest absolute Gasteiger partial charge is 0.238 e. The van der Waals surface area contributed by atoms with E-state index in [1.165, 1.54) is 27.4 Å². The molecule has 0 spiro atoms. The Bertz CT molecular complexity index is 2800. The summed E-state index contributed by atoms with van der Waals surface area (Å²) >= 11 is 0. The maximum atomic E-state index is 5.07. The van der Waals surface area contributed by atoms with Crippen molar-refractivity contribution in [3.63, 3.8) is 0 Å². The van der Waals surface area contributed by atoms with E-state index in [0.29, 0.717) is 17.6 Å². The van der Waals surface area contributed by atoms with Gasteiger partial charge >= 0.3 is 0 Å². The molecule has 0 saturated heterocycles. The fourth-order valence-electron chi connectivity index (χ4n) is 7.23. The second-order valence-electron chi connectivity index (χ2n) is 12.3. The van der Waals surface area contributed by atoms with Gasteiger partial charge in [-0.3, -0.25) is 9.55 Å². The van der Waals surface area contributed by atoms with Crippen molar-refractivity contribution in [2.75, 3.05) is 0 Å². The van der Waals surface area contributed by atoms with E-state index in [-0.39, 0.29) is 0 Å². The number of rotatable bonds is 5. The molecule has 234 valence electrons. The van der Waals surface area contributed by atoms with Crippen molar-refractivity contribution in [3.8, 4) is 45.5 Å². The van der Waals surface area contributed by atoms with Crippen LogP contribution in [0.4, 0.5) is 0 Å². The molecule has 0 unspecified atom stereocenters. The minimum atomic E-state index is 0.548. The molecular weight excluding hydrogens is 613 g/mol. The number of nitrogens with zero attached hydrogens (tertiary/aromatic N) is 6. The van der Waals surface area contributed by atoms with E-state index in [1.54, 1.807) is 0 Å². The Balaban J connectivity index is 1.22. The lowest BCUT2D eigenvalue weighted by Crippen LogP contribution is -2.06. The van der Waals surface area contributed by atoms with Crippen molar-refractivity contribution in [2.24, 2.45) is 0 Å². The van der Waals surface area contributed by atoms with Gasteiger partial charge < -0.3 is 4.57 Å². The number of hydrogen-bond donors (Lipinski definition) is 0. The van der Waals surface area contributed by atoms with E-state index in [2.05, 4.69) is 106 Å². The molecular formula is C44H28N6. The first-order valence-electron chi connectivity index (χ1n) is 16.7. The van der Waals surface area contributed by atoms with Crippen molar-refractivity contribution in [1.82, 2.24) is 29.1 Å². The van der Waals surface area contributed by atoms with Crippen molar-refractivity contribution in [2.45, 2.75) is 0 Å². The van der Waals surface area contributed by atoms with Crippen LogP contribution in [0.25, 0.3) is 89.3 Å². The van der Waals surface area contributed by atoms with Crippen LogP contribution in [0.15, 0.2) is 170 Å². The van der Waals surface area contributed by atoms with Gasteiger partial charge in [0.15, 0.2) is 11.6 Å². The predicted octanol–water partition coefficient (Wildman–Crippen LogP) is 10.5. The zero-order valence-corrected chi connectivity index (χ0v) is 26.8. The maximum Gasteiger partial charge on any atom is 0.238 e. The van der Waals surface area contributed by atoms with Crippen LogP contribution in [0, 0.1) is 0 Å². The van der Waals surface area contributed by atoms with Gasteiger partial charge in [0.25, 0.3) is 0 Å². The summed E-state index contributed by atoms with van der Waals surface area (Å²) in [6, 6.07) is 56.7. The molecule has 10 aromatic rings. The standard InChI is InChI=1S/C44H28N6/c1-4-14-29(15-5-1)42-46-43(30-16-6-2-7-17-30)48-44(47-42)50-37-26-25-31(28-35(37)41-39(50)24-13-27-45-41)33-21-12-23-38-40(33)34-20-10-11-22-36(34)49(38)32-18-8-3-9-19-32/h1-28H. The molecule has 0 fully saturated rings. The van der Waals surface area contributed by atoms with Crippen molar-refractivity contribution in [3.05, 3.63) is 170 Å². The molecule has 0 atom stereocenters. The molecule has 0 amide bonds. The SMILES string of the molecule is c1ccc(-c2nc(-c3ccccc3)nc(-n3c4ccc(-c5cccc6c5c5ccccc5n6-c5ccccc5)cc4c4ncccc43)n2)cc1. The molecule has 4 heterocycles. The van der Waals surface area contributed by atoms with Gasteiger partial charge in [0.1, 0.15) is 0 Å². The lowest BCUT2D eigenvalue weighted by molar-refractivity contribution is 0.953. The Kier molecular flexibility index (Phi) is 6.39. The third-order valence-electron chi connectivity index (χ3n) is 9.43. The molecule has 6 nitrogen and oxygen atoms in total. The molecule has 0 aliphatic rings. The van der Waals surface area contributed by atoms with Crippen molar-refractivity contribution >= 4 is 43.7 Å². The Morgan fingerprint density at radius 3 is 1.76 bits per heavy atom. The number of fused-ring (bicyclic) bond motifs is 6. The maximum absolute atomic E-state index is 5.07. The summed E-state index contributed by atoms with van der Waals surface area (Å²) in [6.07, 6.45) is 1.85. The lowest BCUT2D eigenvalue weighted by atomic mass is 9.98. The van der Waals surface area contributed by atoms with Gasteiger partial charge in [0.2, 0.25) is 5.95 Å². The third-order valence-corrected chi connectivity index (χ3v) is 9.43. The van der Waals surface area contributed by atoms with Crippen LogP contribution in [0.1, 0.15) is 0 Å². The van der Waals surface area contributed by atoms with E-state index in [4.69, 9.17) is 19.9 Å². The molecule has 6 aromatic carbocycles. The van der Waals surface area contributed by atoms with Crippen LogP contribution in [0.5, 0.6) is 0 Å². The summed E-state index contributed by atoms with van der Waals surface area (Å²) in [5, 5.41) is 3.47. The van der Waals surface area contributed by atoms with Gasteiger partial charge in [0, 0.05) is 39.2 Å². The summed E-state index contributed by atoms with van der Waals surface area (Å²) in [5.74, 6) is 1.78. The molecule has 10 rings (SSSR count). The Morgan fingerprint density at radius 2 is 1.02 bits per heavy atom. The monoisotopic (exact) mass is 640 g/mol. The van der Waals surface area contributed by atoms with Crippen LogP contribution in [0.2, 0.25) is 0 Å². The predicted molar refractivity (Wildman–Crippen MR) is 203 cm³/mol. The van der Waals surface area contributed by atoms with Crippen LogP contribution in [-0.2, 0) is 0 Å². The van der Waals surface area contributed by atoms with Gasteiger partial charge in [-0.1, -0.05) is 115 Å². The summed E-state index contributed by atoms with van der Waals surface area (Å²) in [5.41, 5.74) is 10.4. The number of benzene rings is 6. The van der Waals surface area contributed by atoms with Crippen molar-refractivity contribution in [1.29, 1.82) is 0 Å². The van der Waals surface area contributed by atoms with E-state index in [0.717, 1.165) is 44.3 Å². The third kappa shape index (κ3) is 4.43. The van der Waals surface area contributed by atoms with E-state index >= 15 is 0 Å². The molecule has 0 saturated carbocycles. The van der Waals surface area contributed by atoms with E-state index < -0.39 is 0 Å². The molecule has 50 heavy (non-hydrogen) atoms. The molecule has 0 aliphatic carbocycles. The quantitative estimate of drug-likeness (QED) is 0.188. The van der Waals surface area contributed by atoms with Crippen molar-refractivity contribution < 1.29 is 0 Å². The molecule has 6 heteroatoms. The summed E-state index contributed by atoms with van der Waals surface area (Å²) in [4.78, 5) is 20.0. The zero-order valence-electron chi connectivity index (χ0n) is 26.8. The number of pyridine rings is 1. The van der Waals surface area contributed by atoms with Crippen LogP contribution in [0.3, 0.4) is 0 Å². The number of para-hydroxylation sites is 2. The number of aromatic nitrogens is 6. The molecule has 0 bridgehead atoms. The van der Waals surface area contributed by atoms with Crippen LogP contribution < -0.4 is 0 Å². The number of hydrogen-bond acceptors (Lipinski definition) is 4. The normalized spacial score (nSPS) is 11.6. The van der Waals surface area contributed by atoms with Gasteiger partial charge in [-0.15, -0.1) is 0 Å². The first-order valence-corrected chi connectivity index (χ1v) is 16.7. The second kappa shape index (κ2) is 11.4. The van der Waals surface area contributed by atoms with E-state index in [1.807, 2.05) is 72.9 Å². The van der Waals surface area contributed by atoms with Gasteiger partial charge in [-0.2, -0.15) is 9.97 Å². The summed E-state index contributed by atoms with van der Waals surface area (Å²) in [6.45, 7) is 0. The summed E-state index contributed by atoms with van der Waals surface area (Å²) in [7, 11) is 0. The Hall–Kier alpha value is -6.92. The fraction of sp³-hybridized carbons (Fsp3) is 0. The minimum Gasteiger partial charge on any atom is -0.309 e. The summed E-state index contributed by atoms with van der Waals surface area (Å²) < 4.78 is 4.47. The molecule has 0 N–H and O–H groups in total. The highest BCUT2D eigenvalue weighted by Gasteiger charge is 2.20. The Labute approximate surface area is 287 Å². The fourth-order valence-corrected chi connectivity index (χ4v) is 7.23. The van der Waals surface area contributed by atoms with Gasteiger partial charge in [0.05, 0.1) is 27.6 Å². The highest BCUT2D eigenvalue weighted by molar-refractivity contribution is 6.17. The van der Waals surface area contributed by atoms with Gasteiger partial charge in [-0.25, -0.2) is 4.98 Å².